The van der Waals surface area contributed by atoms with Crippen LogP contribution in [0.4, 0.5) is 5.69 Å². The normalized spacial score (nSPS) is 22.3. The molecule has 5 nitrogen and oxygen atoms in total. The van der Waals surface area contributed by atoms with Gasteiger partial charge in [0.25, 0.3) is 0 Å². The number of carbonyl (C=O) groups excluding carboxylic acids is 1. The SMILES string of the molecule is CN(C(=O)C1CCCCC1N)c1ccccc1C(=O)O. The maximum Gasteiger partial charge on any atom is 0.337 e. The number of rotatable bonds is 3. The maximum absolute atomic E-state index is 12.5. The highest BCUT2D eigenvalue weighted by Crippen LogP contribution is 2.27. The van der Waals surface area contributed by atoms with Gasteiger partial charge < -0.3 is 15.7 Å². The fourth-order valence-electron chi connectivity index (χ4n) is 2.78. The third-order valence-electron chi connectivity index (χ3n) is 3.96. The van der Waals surface area contributed by atoms with Crippen molar-refractivity contribution in [2.75, 3.05) is 11.9 Å². The van der Waals surface area contributed by atoms with Gasteiger partial charge in [0, 0.05) is 13.1 Å². The van der Waals surface area contributed by atoms with E-state index < -0.39 is 5.97 Å². The van der Waals surface area contributed by atoms with Crippen LogP contribution in [-0.4, -0.2) is 30.1 Å². The monoisotopic (exact) mass is 276 g/mol. The van der Waals surface area contributed by atoms with Crippen molar-refractivity contribution in [1.29, 1.82) is 0 Å². The topological polar surface area (TPSA) is 83.6 Å². The average molecular weight is 276 g/mol. The Balaban J connectivity index is 2.24. The van der Waals surface area contributed by atoms with Crippen LogP contribution in [0.3, 0.4) is 0 Å². The van der Waals surface area contributed by atoms with E-state index in [4.69, 9.17) is 5.73 Å². The van der Waals surface area contributed by atoms with Crippen molar-refractivity contribution in [3.8, 4) is 0 Å². The summed E-state index contributed by atoms with van der Waals surface area (Å²) in [6.45, 7) is 0. The van der Waals surface area contributed by atoms with Gasteiger partial charge in [0.1, 0.15) is 0 Å². The second-order valence-corrected chi connectivity index (χ2v) is 5.27. The van der Waals surface area contributed by atoms with Gasteiger partial charge in [0.2, 0.25) is 5.91 Å². The van der Waals surface area contributed by atoms with Gasteiger partial charge in [-0.05, 0) is 25.0 Å². The number of carboxylic acid groups (broad SMARTS) is 1. The molecule has 0 aromatic heterocycles. The Morgan fingerprint density at radius 3 is 2.55 bits per heavy atom. The Bertz CT molecular complexity index is 516. The van der Waals surface area contributed by atoms with Crippen molar-refractivity contribution in [3.05, 3.63) is 29.8 Å². The molecule has 5 heteroatoms. The summed E-state index contributed by atoms with van der Waals surface area (Å²) in [6, 6.07) is 6.40. The fraction of sp³-hybridized carbons (Fsp3) is 0.467. The van der Waals surface area contributed by atoms with Gasteiger partial charge in [-0.3, -0.25) is 4.79 Å². The van der Waals surface area contributed by atoms with Gasteiger partial charge in [-0.2, -0.15) is 0 Å². The first-order valence-corrected chi connectivity index (χ1v) is 6.88. The first-order valence-electron chi connectivity index (χ1n) is 6.88. The van der Waals surface area contributed by atoms with E-state index in [-0.39, 0.29) is 23.4 Å². The number of aromatic carboxylic acids is 1. The van der Waals surface area contributed by atoms with E-state index in [9.17, 15) is 14.7 Å². The molecule has 2 rings (SSSR count). The lowest BCUT2D eigenvalue weighted by atomic mass is 9.84. The van der Waals surface area contributed by atoms with Gasteiger partial charge in [-0.1, -0.05) is 25.0 Å². The van der Waals surface area contributed by atoms with Gasteiger partial charge in [-0.25, -0.2) is 4.79 Å². The van der Waals surface area contributed by atoms with E-state index in [0.29, 0.717) is 5.69 Å². The van der Waals surface area contributed by atoms with Crippen molar-refractivity contribution >= 4 is 17.6 Å². The van der Waals surface area contributed by atoms with Gasteiger partial charge >= 0.3 is 5.97 Å². The first-order chi connectivity index (χ1) is 9.52. The van der Waals surface area contributed by atoms with Gasteiger partial charge in [-0.15, -0.1) is 0 Å². The number of benzene rings is 1. The predicted octanol–water partition coefficient (Wildman–Crippen LogP) is 1.87. The van der Waals surface area contributed by atoms with E-state index >= 15 is 0 Å². The molecular weight excluding hydrogens is 256 g/mol. The van der Waals surface area contributed by atoms with Gasteiger partial charge in [0.05, 0.1) is 17.2 Å². The molecule has 1 aliphatic carbocycles. The van der Waals surface area contributed by atoms with Gasteiger partial charge in [0.15, 0.2) is 0 Å². The molecule has 1 saturated carbocycles. The first kappa shape index (κ1) is 14.5. The summed E-state index contributed by atoms with van der Waals surface area (Å²) < 4.78 is 0. The number of nitrogens with two attached hydrogens (primary N) is 1. The molecule has 2 unspecified atom stereocenters. The number of nitrogens with zero attached hydrogens (tertiary/aromatic N) is 1. The largest absolute Gasteiger partial charge is 0.478 e. The molecule has 20 heavy (non-hydrogen) atoms. The van der Waals surface area contributed by atoms with Crippen molar-refractivity contribution in [2.45, 2.75) is 31.7 Å². The predicted molar refractivity (Wildman–Crippen MR) is 76.7 cm³/mol. The Morgan fingerprint density at radius 2 is 1.90 bits per heavy atom. The van der Waals surface area contributed by atoms with E-state index in [0.717, 1.165) is 25.7 Å². The minimum atomic E-state index is -1.03. The van der Waals surface area contributed by atoms with E-state index in [1.807, 2.05) is 0 Å². The molecule has 0 aliphatic heterocycles. The zero-order valence-electron chi connectivity index (χ0n) is 11.6. The molecule has 1 aromatic carbocycles. The highest BCUT2D eigenvalue weighted by Gasteiger charge is 2.31. The zero-order valence-corrected chi connectivity index (χ0v) is 11.6. The molecule has 0 bridgehead atoms. The molecule has 1 amide bonds. The number of anilines is 1. The lowest BCUT2D eigenvalue weighted by molar-refractivity contribution is -0.123. The summed E-state index contributed by atoms with van der Waals surface area (Å²) in [5.74, 6) is -1.34. The molecule has 1 aromatic rings. The third kappa shape index (κ3) is 2.82. The molecule has 3 N–H and O–H groups in total. The van der Waals surface area contributed by atoms with Crippen molar-refractivity contribution in [1.82, 2.24) is 0 Å². The standard InChI is InChI=1S/C15H20N2O3/c1-17(13-9-5-3-7-11(13)15(19)20)14(18)10-6-2-4-8-12(10)16/h3,5,7,9-10,12H,2,4,6,8,16H2,1H3,(H,19,20). The second-order valence-electron chi connectivity index (χ2n) is 5.27. The Morgan fingerprint density at radius 1 is 1.25 bits per heavy atom. The molecule has 108 valence electrons. The van der Waals surface area contributed by atoms with Crippen LogP contribution in [0.5, 0.6) is 0 Å². The summed E-state index contributed by atoms with van der Waals surface area (Å²) in [6.07, 6.45) is 3.68. The molecule has 0 radical (unpaired) electrons. The van der Waals surface area contributed by atoms with Crippen LogP contribution in [0.25, 0.3) is 0 Å². The van der Waals surface area contributed by atoms with Crippen molar-refractivity contribution in [3.63, 3.8) is 0 Å². The van der Waals surface area contributed by atoms with Crippen LogP contribution in [0.1, 0.15) is 36.0 Å². The number of carboxylic acids is 1. The second kappa shape index (κ2) is 6.05. The summed E-state index contributed by atoms with van der Waals surface area (Å²) in [4.78, 5) is 25.2. The van der Waals surface area contributed by atoms with Crippen LogP contribution in [-0.2, 0) is 4.79 Å². The molecular formula is C15H20N2O3. The molecule has 0 heterocycles. The number of carbonyl (C=O) groups is 2. The Labute approximate surface area is 118 Å². The number of hydrogen-bond acceptors (Lipinski definition) is 3. The molecule has 0 saturated heterocycles. The van der Waals surface area contributed by atoms with E-state index in [2.05, 4.69) is 0 Å². The lowest BCUT2D eigenvalue weighted by Gasteiger charge is -2.31. The Kier molecular flexibility index (Phi) is 4.39. The van der Waals surface area contributed by atoms with Crippen LogP contribution in [0, 0.1) is 5.92 Å². The zero-order chi connectivity index (χ0) is 14.7. The van der Waals surface area contributed by atoms with Crippen LogP contribution >= 0.6 is 0 Å². The lowest BCUT2D eigenvalue weighted by Crippen LogP contribution is -2.44. The number of para-hydroxylation sites is 1. The van der Waals surface area contributed by atoms with E-state index in [1.54, 1.807) is 25.2 Å². The summed E-state index contributed by atoms with van der Waals surface area (Å²) in [5.41, 5.74) is 6.58. The summed E-state index contributed by atoms with van der Waals surface area (Å²) in [7, 11) is 1.62. The van der Waals surface area contributed by atoms with Crippen molar-refractivity contribution < 1.29 is 14.7 Å². The summed E-state index contributed by atoms with van der Waals surface area (Å²) in [5, 5.41) is 9.20. The number of hydrogen-bond donors (Lipinski definition) is 2. The highest BCUT2D eigenvalue weighted by molar-refractivity contribution is 6.02. The smallest absolute Gasteiger partial charge is 0.337 e. The maximum atomic E-state index is 12.5. The van der Waals surface area contributed by atoms with Crippen LogP contribution < -0.4 is 10.6 Å². The molecule has 2 atom stereocenters. The average Bonchev–Trinajstić information content (AvgIpc) is 2.46. The minimum absolute atomic E-state index is 0.0918. The van der Waals surface area contributed by atoms with Crippen LogP contribution in [0.2, 0.25) is 0 Å². The van der Waals surface area contributed by atoms with Crippen molar-refractivity contribution in [2.24, 2.45) is 11.7 Å². The Hall–Kier alpha value is -1.88. The van der Waals surface area contributed by atoms with E-state index in [1.165, 1.54) is 11.0 Å². The quantitative estimate of drug-likeness (QED) is 0.882. The highest BCUT2D eigenvalue weighted by atomic mass is 16.4. The van der Waals surface area contributed by atoms with Crippen LogP contribution in [0.15, 0.2) is 24.3 Å². The molecule has 0 spiro atoms. The molecule has 1 aliphatic rings. The fourth-order valence-corrected chi connectivity index (χ4v) is 2.78. The third-order valence-corrected chi connectivity index (χ3v) is 3.96. The minimum Gasteiger partial charge on any atom is -0.478 e. The summed E-state index contributed by atoms with van der Waals surface area (Å²) >= 11 is 0. The number of amides is 1. The molecule has 1 fully saturated rings.